The molecule has 6 nitrogen and oxygen atoms in total. The van der Waals surface area contributed by atoms with Crippen LogP contribution in [0.5, 0.6) is 0 Å². The van der Waals surface area contributed by atoms with Crippen molar-refractivity contribution in [3.63, 3.8) is 0 Å². The molecule has 0 atom stereocenters. The van der Waals surface area contributed by atoms with E-state index in [0.29, 0.717) is 31.1 Å². The number of aromatic nitrogens is 3. The zero-order chi connectivity index (χ0) is 18.2. The van der Waals surface area contributed by atoms with Gasteiger partial charge in [-0.2, -0.15) is 4.98 Å². The van der Waals surface area contributed by atoms with Gasteiger partial charge in [-0.25, -0.2) is 0 Å². The molecule has 2 heterocycles. The third-order valence-electron chi connectivity index (χ3n) is 4.02. The second-order valence-corrected chi connectivity index (χ2v) is 6.05. The summed E-state index contributed by atoms with van der Waals surface area (Å²) in [5, 5.41) is 3.97. The van der Waals surface area contributed by atoms with Crippen LogP contribution in [-0.4, -0.2) is 32.5 Å². The van der Waals surface area contributed by atoms with Gasteiger partial charge in [-0.1, -0.05) is 42.4 Å². The topological polar surface area (TPSA) is 72.1 Å². The molecule has 3 rings (SSSR count). The molecule has 0 N–H and O–H groups in total. The third kappa shape index (κ3) is 4.75. The van der Waals surface area contributed by atoms with Crippen LogP contribution < -0.4 is 0 Å². The second kappa shape index (κ2) is 8.89. The summed E-state index contributed by atoms with van der Waals surface area (Å²) in [5.41, 5.74) is 1.98. The van der Waals surface area contributed by atoms with E-state index in [-0.39, 0.29) is 5.91 Å². The van der Waals surface area contributed by atoms with Crippen molar-refractivity contribution in [2.75, 3.05) is 6.54 Å². The maximum atomic E-state index is 12.6. The van der Waals surface area contributed by atoms with Crippen molar-refractivity contribution in [2.45, 2.75) is 32.7 Å². The van der Waals surface area contributed by atoms with Crippen molar-refractivity contribution < 1.29 is 9.32 Å². The average molecular weight is 350 g/mol. The first-order valence-electron chi connectivity index (χ1n) is 8.81. The number of carbonyl (C=O) groups excluding carboxylic acids is 1. The highest BCUT2D eigenvalue weighted by Gasteiger charge is 2.16. The molecule has 0 aliphatic carbocycles. The van der Waals surface area contributed by atoms with E-state index in [9.17, 15) is 4.79 Å². The first-order valence-corrected chi connectivity index (χ1v) is 8.81. The molecule has 0 fully saturated rings. The summed E-state index contributed by atoms with van der Waals surface area (Å²) in [6.45, 7) is 3.43. The van der Waals surface area contributed by atoms with Crippen LogP contribution in [0.3, 0.4) is 0 Å². The third-order valence-corrected chi connectivity index (χ3v) is 4.02. The van der Waals surface area contributed by atoms with E-state index in [1.807, 2.05) is 47.4 Å². The Hall–Kier alpha value is -3.02. The average Bonchev–Trinajstić information content (AvgIpc) is 3.16. The highest BCUT2D eigenvalue weighted by molar-refractivity contribution is 5.76. The van der Waals surface area contributed by atoms with Crippen LogP contribution in [0, 0.1) is 0 Å². The lowest BCUT2D eigenvalue weighted by Crippen LogP contribution is -2.31. The van der Waals surface area contributed by atoms with E-state index in [1.54, 1.807) is 12.4 Å². The molecule has 6 heteroatoms. The van der Waals surface area contributed by atoms with Crippen molar-refractivity contribution in [1.82, 2.24) is 20.0 Å². The Kier molecular flexibility index (Phi) is 6.09. The number of pyridine rings is 1. The first kappa shape index (κ1) is 17.8. The van der Waals surface area contributed by atoms with Gasteiger partial charge in [-0.3, -0.25) is 9.78 Å². The summed E-state index contributed by atoms with van der Waals surface area (Å²) < 4.78 is 5.28. The smallest absolute Gasteiger partial charge is 0.227 e. The molecule has 0 bridgehead atoms. The molecule has 26 heavy (non-hydrogen) atoms. The summed E-state index contributed by atoms with van der Waals surface area (Å²) in [7, 11) is 0. The Morgan fingerprint density at radius 1 is 1.12 bits per heavy atom. The molecule has 0 unspecified atom stereocenters. The largest absolute Gasteiger partial charge is 0.339 e. The Morgan fingerprint density at radius 2 is 1.88 bits per heavy atom. The number of aryl methyl sites for hydroxylation is 1. The lowest BCUT2D eigenvalue weighted by atomic mass is 10.2. The van der Waals surface area contributed by atoms with Crippen LogP contribution in [0.1, 0.15) is 31.2 Å². The molecule has 0 radical (unpaired) electrons. The predicted molar refractivity (Wildman–Crippen MR) is 98.0 cm³/mol. The molecule has 0 aliphatic rings. The summed E-state index contributed by atoms with van der Waals surface area (Å²) in [5.74, 6) is 1.09. The minimum Gasteiger partial charge on any atom is -0.339 e. The van der Waals surface area contributed by atoms with Crippen LogP contribution in [-0.2, 0) is 17.8 Å². The SMILES string of the molecule is CCCN(Cc1ccccc1)C(=O)CCc1nc(-c2ccncc2)no1. The summed E-state index contributed by atoms with van der Waals surface area (Å²) >= 11 is 0. The van der Waals surface area contributed by atoms with Crippen LogP contribution in [0.2, 0.25) is 0 Å². The van der Waals surface area contributed by atoms with Crippen molar-refractivity contribution in [2.24, 2.45) is 0 Å². The summed E-state index contributed by atoms with van der Waals surface area (Å²) in [6.07, 6.45) is 5.07. The number of hydrogen-bond acceptors (Lipinski definition) is 5. The predicted octanol–water partition coefficient (Wildman–Crippen LogP) is 3.50. The fraction of sp³-hybridized carbons (Fsp3) is 0.300. The summed E-state index contributed by atoms with van der Waals surface area (Å²) in [4.78, 5) is 22.8. The van der Waals surface area contributed by atoms with Gasteiger partial charge in [0.05, 0.1) is 0 Å². The van der Waals surface area contributed by atoms with Crippen molar-refractivity contribution in [3.05, 3.63) is 66.3 Å². The zero-order valence-corrected chi connectivity index (χ0v) is 14.8. The first-order chi connectivity index (χ1) is 12.8. The molecule has 3 aromatic rings. The normalized spacial score (nSPS) is 10.7. The van der Waals surface area contributed by atoms with Gasteiger partial charge in [0.15, 0.2) is 0 Å². The molecule has 2 aromatic heterocycles. The van der Waals surface area contributed by atoms with Crippen molar-refractivity contribution in [3.8, 4) is 11.4 Å². The Labute approximate surface area is 152 Å². The van der Waals surface area contributed by atoms with E-state index in [1.165, 1.54) is 0 Å². The maximum absolute atomic E-state index is 12.6. The van der Waals surface area contributed by atoms with E-state index in [0.717, 1.165) is 24.1 Å². The van der Waals surface area contributed by atoms with E-state index in [4.69, 9.17) is 4.52 Å². The lowest BCUT2D eigenvalue weighted by molar-refractivity contribution is -0.131. The zero-order valence-electron chi connectivity index (χ0n) is 14.8. The molecular formula is C20H22N4O2. The van der Waals surface area contributed by atoms with Gasteiger partial charge in [0.25, 0.3) is 0 Å². The molecule has 1 amide bonds. The Bertz CT molecular complexity index is 818. The quantitative estimate of drug-likeness (QED) is 0.622. The van der Waals surface area contributed by atoms with Gasteiger partial charge in [0, 0.05) is 43.9 Å². The van der Waals surface area contributed by atoms with Gasteiger partial charge in [-0.05, 0) is 24.1 Å². The van der Waals surface area contributed by atoms with Crippen LogP contribution in [0.15, 0.2) is 59.4 Å². The number of nitrogens with zero attached hydrogens (tertiary/aromatic N) is 4. The minimum atomic E-state index is 0.0966. The van der Waals surface area contributed by atoms with Crippen LogP contribution in [0.4, 0.5) is 0 Å². The number of carbonyl (C=O) groups is 1. The maximum Gasteiger partial charge on any atom is 0.227 e. The Morgan fingerprint density at radius 3 is 2.62 bits per heavy atom. The molecule has 0 saturated carbocycles. The summed E-state index contributed by atoms with van der Waals surface area (Å²) in [6, 6.07) is 13.7. The molecule has 134 valence electrons. The van der Waals surface area contributed by atoms with Crippen molar-refractivity contribution >= 4 is 5.91 Å². The number of amides is 1. The number of hydrogen-bond donors (Lipinski definition) is 0. The molecule has 0 saturated heterocycles. The monoisotopic (exact) mass is 350 g/mol. The highest BCUT2D eigenvalue weighted by Crippen LogP contribution is 2.15. The number of rotatable bonds is 8. The van der Waals surface area contributed by atoms with E-state index < -0.39 is 0 Å². The van der Waals surface area contributed by atoms with Crippen LogP contribution in [0.25, 0.3) is 11.4 Å². The van der Waals surface area contributed by atoms with Gasteiger partial charge in [0.2, 0.25) is 17.6 Å². The standard InChI is InChI=1S/C20H22N4O2/c1-2-14-24(15-16-6-4-3-5-7-16)19(25)9-8-18-22-20(23-26-18)17-10-12-21-13-11-17/h3-7,10-13H,2,8-9,14-15H2,1H3. The molecular weight excluding hydrogens is 328 g/mol. The van der Waals surface area contributed by atoms with Crippen LogP contribution >= 0.6 is 0 Å². The van der Waals surface area contributed by atoms with Crippen molar-refractivity contribution in [1.29, 1.82) is 0 Å². The fourth-order valence-corrected chi connectivity index (χ4v) is 2.71. The Balaban J connectivity index is 1.59. The van der Waals surface area contributed by atoms with Gasteiger partial charge >= 0.3 is 0 Å². The second-order valence-electron chi connectivity index (χ2n) is 6.05. The lowest BCUT2D eigenvalue weighted by Gasteiger charge is -2.22. The van der Waals surface area contributed by atoms with Gasteiger partial charge < -0.3 is 9.42 Å². The highest BCUT2D eigenvalue weighted by atomic mass is 16.5. The fourth-order valence-electron chi connectivity index (χ4n) is 2.71. The van der Waals surface area contributed by atoms with E-state index in [2.05, 4.69) is 22.0 Å². The van der Waals surface area contributed by atoms with Gasteiger partial charge in [-0.15, -0.1) is 0 Å². The number of benzene rings is 1. The molecule has 0 aliphatic heterocycles. The molecule has 0 spiro atoms. The van der Waals surface area contributed by atoms with E-state index >= 15 is 0 Å². The minimum absolute atomic E-state index is 0.0966. The molecule has 1 aromatic carbocycles. The van der Waals surface area contributed by atoms with Gasteiger partial charge in [0.1, 0.15) is 0 Å².